The maximum absolute atomic E-state index is 13.5. The van der Waals surface area contributed by atoms with Crippen molar-refractivity contribution in [3.05, 3.63) is 67.3 Å². The van der Waals surface area contributed by atoms with Crippen LogP contribution in [0.25, 0.3) is 0 Å². The third-order valence-electron chi connectivity index (χ3n) is 3.17. The van der Waals surface area contributed by atoms with E-state index in [2.05, 4.69) is 37.2 Å². The van der Waals surface area contributed by atoms with Crippen molar-refractivity contribution in [3.8, 4) is 0 Å². The van der Waals surface area contributed by atoms with Gasteiger partial charge >= 0.3 is 0 Å². The van der Waals surface area contributed by atoms with E-state index in [9.17, 15) is 4.39 Å². The second kappa shape index (κ2) is 7.73. The van der Waals surface area contributed by atoms with Gasteiger partial charge in [0.2, 0.25) is 0 Å². The molecule has 1 nitrogen and oxygen atoms in total. The lowest BCUT2D eigenvalue weighted by Crippen LogP contribution is -2.23. The van der Waals surface area contributed by atoms with E-state index >= 15 is 0 Å². The van der Waals surface area contributed by atoms with Gasteiger partial charge in [-0.3, -0.25) is 0 Å². The summed E-state index contributed by atoms with van der Waals surface area (Å²) in [6.07, 6.45) is 0.667. The molecule has 5 heteroatoms. The van der Waals surface area contributed by atoms with Gasteiger partial charge in [-0.2, -0.15) is 0 Å². The number of nitrogens with one attached hydrogen (secondary N) is 1. The Morgan fingerprint density at radius 3 is 2.67 bits per heavy atom. The molecule has 0 aliphatic heterocycles. The number of hydrogen-bond donors (Lipinski definition) is 1. The third-order valence-corrected chi connectivity index (χ3v) is 4.94. The monoisotopic (exact) mass is 433 g/mol. The second-order valence-electron chi connectivity index (χ2n) is 4.74. The van der Waals surface area contributed by atoms with Crippen molar-refractivity contribution in [2.45, 2.75) is 19.4 Å². The summed E-state index contributed by atoms with van der Waals surface area (Å²) >= 11 is 13.2. The van der Waals surface area contributed by atoms with Gasteiger partial charge in [0.15, 0.2) is 0 Å². The minimum absolute atomic E-state index is 0.0358. The molecule has 0 aliphatic rings. The van der Waals surface area contributed by atoms with Gasteiger partial charge in [0.25, 0.3) is 0 Å². The molecule has 0 spiro atoms. The zero-order valence-electron chi connectivity index (χ0n) is 11.5. The summed E-state index contributed by atoms with van der Waals surface area (Å²) in [7, 11) is 0. The highest BCUT2D eigenvalue weighted by Gasteiger charge is 2.16. The summed E-state index contributed by atoms with van der Waals surface area (Å²) in [6, 6.07) is 10.8. The Balaban J connectivity index is 2.32. The van der Waals surface area contributed by atoms with E-state index in [-0.39, 0.29) is 11.9 Å². The smallest absolute Gasteiger partial charge is 0.124 e. The summed E-state index contributed by atoms with van der Waals surface area (Å²) in [6.45, 7) is 2.85. The standard InChI is InChI=1S/C16H15Br2ClFN/c1-2-21-15(13-4-3-5-14(18)16(13)19)8-10-6-11(17)9-12(20)7-10/h3-7,9,15,21H,2,8H2,1H3. The Morgan fingerprint density at radius 1 is 1.24 bits per heavy atom. The van der Waals surface area contributed by atoms with Crippen molar-refractivity contribution >= 4 is 43.5 Å². The Kier molecular flexibility index (Phi) is 6.23. The van der Waals surface area contributed by atoms with Crippen LogP contribution in [-0.4, -0.2) is 6.54 Å². The zero-order valence-corrected chi connectivity index (χ0v) is 15.4. The summed E-state index contributed by atoms with van der Waals surface area (Å²) in [5.74, 6) is -0.241. The van der Waals surface area contributed by atoms with E-state index in [1.54, 1.807) is 6.07 Å². The summed E-state index contributed by atoms with van der Waals surface area (Å²) < 4.78 is 15.1. The van der Waals surface area contributed by atoms with Crippen LogP contribution in [0.3, 0.4) is 0 Å². The molecule has 0 saturated carbocycles. The van der Waals surface area contributed by atoms with Crippen LogP contribution in [0, 0.1) is 5.82 Å². The first-order chi connectivity index (χ1) is 10.0. The quantitative estimate of drug-likeness (QED) is 0.617. The van der Waals surface area contributed by atoms with E-state index in [0.29, 0.717) is 11.4 Å². The third kappa shape index (κ3) is 4.52. The van der Waals surface area contributed by atoms with Gasteiger partial charge in [-0.05, 0) is 64.3 Å². The van der Waals surface area contributed by atoms with Crippen LogP contribution < -0.4 is 5.32 Å². The van der Waals surface area contributed by atoms with Gasteiger partial charge in [-0.15, -0.1) is 0 Å². The van der Waals surface area contributed by atoms with E-state index in [1.807, 2.05) is 31.2 Å². The fourth-order valence-electron chi connectivity index (χ4n) is 2.29. The summed E-state index contributed by atoms with van der Waals surface area (Å²) in [4.78, 5) is 0. The van der Waals surface area contributed by atoms with E-state index < -0.39 is 0 Å². The topological polar surface area (TPSA) is 12.0 Å². The van der Waals surface area contributed by atoms with Gasteiger partial charge in [0.05, 0.1) is 5.02 Å². The first-order valence-electron chi connectivity index (χ1n) is 6.63. The SMILES string of the molecule is CCNC(Cc1cc(F)cc(Br)c1)c1cccc(Br)c1Cl. The van der Waals surface area contributed by atoms with Gasteiger partial charge in [-0.25, -0.2) is 4.39 Å². The molecule has 0 aliphatic carbocycles. The maximum atomic E-state index is 13.5. The molecule has 1 atom stereocenters. The van der Waals surface area contributed by atoms with Crippen molar-refractivity contribution in [2.24, 2.45) is 0 Å². The molecule has 0 bridgehead atoms. The van der Waals surface area contributed by atoms with Crippen LogP contribution in [-0.2, 0) is 6.42 Å². The van der Waals surface area contributed by atoms with Crippen LogP contribution in [0.1, 0.15) is 24.1 Å². The molecule has 1 unspecified atom stereocenters. The lowest BCUT2D eigenvalue weighted by atomic mass is 9.98. The molecule has 0 heterocycles. The molecule has 2 aromatic rings. The highest BCUT2D eigenvalue weighted by Crippen LogP contribution is 2.32. The van der Waals surface area contributed by atoms with Crippen molar-refractivity contribution in [2.75, 3.05) is 6.54 Å². The van der Waals surface area contributed by atoms with Crippen molar-refractivity contribution < 1.29 is 4.39 Å². The molecule has 1 N–H and O–H groups in total. The van der Waals surface area contributed by atoms with E-state index in [0.717, 1.165) is 26.6 Å². The second-order valence-corrected chi connectivity index (χ2v) is 6.88. The number of halogens is 4. The maximum Gasteiger partial charge on any atom is 0.124 e. The van der Waals surface area contributed by atoms with Gasteiger partial charge < -0.3 is 5.32 Å². The molecular formula is C16H15Br2ClFN. The van der Waals surface area contributed by atoms with Crippen molar-refractivity contribution in [1.29, 1.82) is 0 Å². The molecular weight excluding hydrogens is 420 g/mol. The fraction of sp³-hybridized carbons (Fsp3) is 0.250. The minimum Gasteiger partial charge on any atom is -0.310 e. The highest BCUT2D eigenvalue weighted by molar-refractivity contribution is 9.10. The van der Waals surface area contributed by atoms with Crippen LogP contribution in [0.2, 0.25) is 5.02 Å². The first kappa shape index (κ1) is 16.9. The van der Waals surface area contributed by atoms with E-state index in [1.165, 1.54) is 6.07 Å². The van der Waals surface area contributed by atoms with Crippen LogP contribution in [0.4, 0.5) is 4.39 Å². The lowest BCUT2D eigenvalue weighted by molar-refractivity contribution is 0.546. The fourth-order valence-corrected chi connectivity index (χ4v) is 3.44. The van der Waals surface area contributed by atoms with Crippen molar-refractivity contribution in [1.82, 2.24) is 5.32 Å². The molecule has 0 amide bonds. The lowest BCUT2D eigenvalue weighted by Gasteiger charge is -2.20. The molecule has 0 fully saturated rings. The minimum atomic E-state index is -0.241. The van der Waals surface area contributed by atoms with E-state index in [4.69, 9.17) is 11.6 Å². The molecule has 2 aromatic carbocycles. The molecule has 0 saturated heterocycles. The average Bonchev–Trinajstić information content (AvgIpc) is 2.40. The number of likely N-dealkylation sites (N-methyl/N-ethyl adjacent to an activating group) is 1. The molecule has 112 valence electrons. The number of hydrogen-bond acceptors (Lipinski definition) is 1. The Labute approximate surface area is 146 Å². The summed E-state index contributed by atoms with van der Waals surface area (Å²) in [5.41, 5.74) is 1.93. The van der Waals surface area contributed by atoms with Gasteiger partial charge in [-0.1, -0.05) is 46.6 Å². The highest BCUT2D eigenvalue weighted by atomic mass is 79.9. The molecule has 0 radical (unpaired) electrons. The number of benzene rings is 2. The molecule has 0 aromatic heterocycles. The Hall–Kier alpha value is -0.420. The Morgan fingerprint density at radius 2 is 2.00 bits per heavy atom. The predicted molar refractivity (Wildman–Crippen MR) is 93.4 cm³/mol. The van der Waals surface area contributed by atoms with Crippen LogP contribution in [0.15, 0.2) is 45.3 Å². The zero-order chi connectivity index (χ0) is 15.4. The first-order valence-corrected chi connectivity index (χ1v) is 8.60. The van der Waals surface area contributed by atoms with Crippen molar-refractivity contribution in [3.63, 3.8) is 0 Å². The molecule has 2 rings (SSSR count). The normalized spacial score (nSPS) is 12.4. The van der Waals surface area contributed by atoms with Gasteiger partial charge in [0.1, 0.15) is 5.82 Å². The largest absolute Gasteiger partial charge is 0.310 e. The van der Waals surface area contributed by atoms with Crippen LogP contribution >= 0.6 is 43.5 Å². The van der Waals surface area contributed by atoms with Gasteiger partial charge in [0, 0.05) is 15.0 Å². The Bertz CT molecular complexity index is 613. The molecule has 21 heavy (non-hydrogen) atoms. The number of rotatable bonds is 5. The predicted octanol–water partition coefficient (Wildman–Crippen LogP) is 5.90. The average molecular weight is 436 g/mol. The summed E-state index contributed by atoms with van der Waals surface area (Å²) in [5, 5.41) is 4.10. The van der Waals surface area contributed by atoms with Crippen LogP contribution in [0.5, 0.6) is 0 Å².